The third kappa shape index (κ3) is 3.40. The van der Waals surface area contributed by atoms with Crippen molar-refractivity contribution in [3.05, 3.63) is 95.9 Å². The van der Waals surface area contributed by atoms with Gasteiger partial charge in [0.15, 0.2) is 0 Å². The number of aromatic nitrogens is 2. The summed E-state index contributed by atoms with van der Waals surface area (Å²) in [6, 6.07) is 23.9. The van der Waals surface area contributed by atoms with Crippen molar-refractivity contribution in [2.75, 3.05) is 31.1 Å². The van der Waals surface area contributed by atoms with E-state index in [1.54, 1.807) is 0 Å². The molecule has 0 saturated carbocycles. The number of piperazine rings is 1. The van der Waals surface area contributed by atoms with Crippen molar-refractivity contribution in [2.45, 2.75) is 13.0 Å². The number of H-pyrrole nitrogens is 1. The van der Waals surface area contributed by atoms with Gasteiger partial charge in [0.1, 0.15) is 0 Å². The number of nitrogens with one attached hydrogen (secondary N) is 1. The second-order valence-electron chi connectivity index (χ2n) is 7.75. The average molecular weight is 383 g/mol. The molecule has 3 heterocycles. The predicted octanol–water partition coefficient (Wildman–Crippen LogP) is 4.78. The van der Waals surface area contributed by atoms with Crippen molar-refractivity contribution in [3.8, 4) is 0 Å². The summed E-state index contributed by atoms with van der Waals surface area (Å²) in [7, 11) is 0. The molecule has 1 aliphatic heterocycles. The van der Waals surface area contributed by atoms with Gasteiger partial charge in [0.25, 0.3) is 0 Å². The minimum atomic E-state index is 0.229. The van der Waals surface area contributed by atoms with Gasteiger partial charge in [-0.05, 0) is 42.8 Å². The first kappa shape index (κ1) is 18.0. The molecule has 1 saturated heterocycles. The molecule has 0 amide bonds. The topological polar surface area (TPSA) is 35.2 Å². The second-order valence-corrected chi connectivity index (χ2v) is 7.75. The van der Waals surface area contributed by atoms with Gasteiger partial charge in [0.2, 0.25) is 0 Å². The Labute approximate surface area is 171 Å². The zero-order valence-electron chi connectivity index (χ0n) is 16.8. The Bertz CT molecular complexity index is 1080. The fraction of sp³-hybridized carbons (Fsp3) is 0.240. The van der Waals surface area contributed by atoms with Crippen molar-refractivity contribution < 1.29 is 0 Å². The number of benzene rings is 2. The smallest absolute Gasteiger partial charge is 0.0627 e. The van der Waals surface area contributed by atoms with Crippen molar-refractivity contribution in [1.29, 1.82) is 0 Å². The molecule has 1 N–H and O–H groups in total. The summed E-state index contributed by atoms with van der Waals surface area (Å²) in [5, 5.41) is 1.32. The van der Waals surface area contributed by atoms with Gasteiger partial charge in [-0.25, -0.2) is 0 Å². The van der Waals surface area contributed by atoms with Crippen molar-refractivity contribution >= 4 is 16.6 Å². The van der Waals surface area contributed by atoms with Gasteiger partial charge < -0.3 is 9.88 Å². The maximum Gasteiger partial charge on any atom is 0.0627 e. The van der Waals surface area contributed by atoms with Crippen LogP contribution in [0.25, 0.3) is 10.9 Å². The normalized spacial score (nSPS) is 16.2. The first-order valence-electron chi connectivity index (χ1n) is 10.3. The predicted molar refractivity (Wildman–Crippen MR) is 119 cm³/mol. The molecule has 1 atom stereocenters. The number of aromatic amines is 1. The molecule has 2 aromatic carbocycles. The number of pyridine rings is 1. The number of nitrogens with zero attached hydrogens (tertiary/aromatic N) is 3. The summed E-state index contributed by atoms with van der Waals surface area (Å²) in [4.78, 5) is 13.0. The Morgan fingerprint density at radius 3 is 2.28 bits per heavy atom. The Morgan fingerprint density at radius 2 is 1.52 bits per heavy atom. The molecule has 0 bridgehead atoms. The van der Waals surface area contributed by atoms with Crippen LogP contribution in [-0.4, -0.2) is 41.0 Å². The first-order chi connectivity index (χ1) is 14.3. The summed E-state index contributed by atoms with van der Waals surface area (Å²) >= 11 is 0. The summed E-state index contributed by atoms with van der Waals surface area (Å²) in [5.41, 5.74) is 6.47. The van der Waals surface area contributed by atoms with Crippen LogP contribution in [0.4, 0.5) is 5.69 Å². The molecular formula is C25H26N4. The van der Waals surface area contributed by atoms with E-state index in [-0.39, 0.29) is 6.04 Å². The average Bonchev–Trinajstić information content (AvgIpc) is 3.12. The zero-order valence-corrected chi connectivity index (χ0v) is 16.8. The number of hydrogen-bond donors (Lipinski definition) is 1. The van der Waals surface area contributed by atoms with E-state index >= 15 is 0 Å². The van der Waals surface area contributed by atoms with Crippen LogP contribution in [-0.2, 0) is 0 Å². The maximum absolute atomic E-state index is 4.26. The fourth-order valence-electron chi connectivity index (χ4n) is 4.63. The number of hydrogen-bond acceptors (Lipinski definition) is 3. The Kier molecular flexibility index (Phi) is 4.78. The van der Waals surface area contributed by atoms with E-state index in [0.717, 1.165) is 26.2 Å². The lowest BCUT2D eigenvalue weighted by atomic mass is 9.94. The molecule has 0 spiro atoms. The number of aryl methyl sites for hydroxylation is 1. The highest BCUT2D eigenvalue weighted by Crippen LogP contribution is 2.36. The van der Waals surface area contributed by atoms with Crippen molar-refractivity contribution in [2.24, 2.45) is 0 Å². The fourth-order valence-corrected chi connectivity index (χ4v) is 4.63. The summed E-state index contributed by atoms with van der Waals surface area (Å²) in [6.07, 6.45) is 3.82. The highest BCUT2D eigenvalue weighted by Gasteiger charge is 2.29. The highest BCUT2D eigenvalue weighted by molar-refractivity contribution is 5.85. The van der Waals surface area contributed by atoms with Gasteiger partial charge in [-0.15, -0.1) is 0 Å². The molecule has 0 unspecified atom stereocenters. The standard InChI is InChI=1S/C25H26N4/c1-19-24(22-9-5-6-10-23(22)27-19)25(20-11-13-26-14-12-20)29-17-15-28(16-18-29)21-7-3-2-4-8-21/h2-14,25,27H,15-18H2,1H3/t25-/m0/s1. The van der Waals surface area contributed by atoms with Crippen LogP contribution in [0.15, 0.2) is 79.1 Å². The molecule has 29 heavy (non-hydrogen) atoms. The van der Waals surface area contributed by atoms with E-state index in [1.807, 2.05) is 12.4 Å². The molecule has 4 nitrogen and oxygen atoms in total. The number of anilines is 1. The first-order valence-corrected chi connectivity index (χ1v) is 10.3. The molecule has 1 aliphatic rings. The van der Waals surface area contributed by atoms with Gasteiger partial charge in [-0.2, -0.15) is 0 Å². The van der Waals surface area contributed by atoms with Gasteiger partial charge in [0.05, 0.1) is 6.04 Å². The van der Waals surface area contributed by atoms with Crippen LogP contribution in [0, 0.1) is 6.92 Å². The Hall–Kier alpha value is -3.11. The van der Waals surface area contributed by atoms with E-state index in [9.17, 15) is 0 Å². The Morgan fingerprint density at radius 1 is 0.828 bits per heavy atom. The van der Waals surface area contributed by atoms with Gasteiger partial charge in [0, 0.05) is 66.4 Å². The van der Waals surface area contributed by atoms with Crippen LogP contribution >= 0.6 is 0 Å². The van der Waals surface area contributed by atoms with Crippen molar-refractivity contribution in [3.63, 3.8) is 0 Å². The second kappa shape index (κ2) is 7.72. The monoisotopic (exact) mass is 382 g/mol. The van der Waals surface area contributed by atoms with E-state index < -0.39 is 0 Å². The van der Waals surface area contributed by atoms with Crippen molar-refractivity contribution in [1.82, 2.24) is 14.9 Å². The lowest BCUT2D eigenvalue weighted by Gasteiger charge is -2.40. The number of fused-ring (bicyclic) bond motifs is 1. The van der Waals surface area contributed by atoms with Gasteiger partial charge in [-0.3, -0.25) is 9.88 Å². The van der Waals surface area contributed by atoms with Gasteiger partial charge in [-0.1, -0.05) is 36.4 Å². The quantitative estimate of drug-likeness (QED) is 0.551. The molecule has 5 rings (SSSR count). The van der Waals surface area contributed by atoms with Crippen LogP contribution in [0.2, 0.25) is 0 Å². The summed E-state index contributed by atoms with van der Waals surface area (Å²) in [6.45, 7) is 6.32. The minimum absolute atomic E-state index is 0.229. The number of rotatable bonds is 4. The van der Waals surface area contributed by atoms with Gasteiger partial charge >= 0.3 is 0 Å². The molecule has 2 aromatic heterocycles. The Balaban J connectivity index is 1.50. The third-order valence-electron chi connectivity index (χ3n) is 6.04. The van der Waals surface area contributed by atoms with Crippen LogP contribution in [0.1, 0.15) is 22.9 Å². The van der Waals surface area contributed by atoms with E-state index in [4.69, 9.17) is 0 Å². The lowest BCUT2D eigenvalue weighted by molar-refractivity contribution is 0.213. The molecule has 4 heteroatoms. The highest BCUT2D eigenvalue weighted by atomic mass is 15.3. The zero-order chi connectivity index (χ0) is 19.6. The van der Waals surface area contributed by atoms with Crippen LogP contribution in [0.3, 0.4) is 0 Å². The van der Waals surface area contributed by atoms with E-state index in [1.165, 1.54) is 33.4 Å². The molecule has 0 radical (unpaired) electrons. The molecule has 146 valence electrons. The van der Waals surface area contributed by atoms with Crippen LogP contribution < -0.4 is 4.90 Å². The lowest BCUT2D eigenvalue weighted by Crippen LogP contribution is -2.48. The molecular weight excluding hydrogens is 356 g/mol. The third-order valence-corrected chi connectivity index (χ3v) is 6.04. The maximum atomic E-state index is 4.26. The SMILES string of the molecule is Cc1[nH]c2ccccc2c1[C@H](c1ccncc1)N1CCN(c2ccccc2)CC1. The van der Waals surface area contributed by atoms with Crippen LogP contribution in [0.5, 0.6) is 0 Å². The van der Waals surface area contributed by atoms with E-state index in [0.29, 0.717) is 0 Å². The molecule has 1 fully saturated rings. The number of para-hydroxylation sites is 2. The molecule has 0 aliphatic carbocycles. The minimum Gasteiger partial charge on any atom is -0.369 e. The summed E-state index contributed by atoms with van der Waals surface area (Å²) in [5.74, 6) is 0. The summed E-state index contributed by atoms with van der Waals surface area (Å²) < 4.78 is 0. The van der Waals surface area contributed by atoms with E-state index in [2.05, 4.69) is 93.4 Å². The largest absolute Gasteiger partial charge is 0.369 e. The molecule has 4 aromatic rings.